The van der Waals surface area contributed by atoms with Crippen LogP contribution >= 0.6 is 12.2 Å². The molecule has 138 valence electrons. The minimum Gasteiger partial charge on any atom is -0.491 e. The third-order valence-corrected chi connectivity index (χ3v) is 4.16. The second kappa shape index (κ2) is 9.92. The maximum absolute atomic E-state index is 12.4. The van der Waals surface area contributed by atoms with E-state index in [1.165, 1.54) is 5.56 Å². The maximum Gasteiger partial charge on any atom is 0.257 e. The van der Waals surface area contributed by atoms with Crippen molar-refractivity contribution in [3.05, 3.63) is 59.7 Å². The van der Waals surface area contributed by atoms with Gasteiger partial charge in [-0.2, -0.15) is 0 Å². The highest BCUT2D eigenvalue weighted by atomic mass is 32.1. The Balaban J connectivity index is 1.97. The van der Waals surface area contributed by atoms with Gasteiger partial charge in [0.2, 0.25) is 0 Å². The third kappa shape index (κ3) is 5.85. The van der Waals surface area contributed by atoms with Crippen molar-refractivity contribution >= 4 is 28.9 Å². The molecule has 2 rings (SSSR count). The minimum atomic E-state index is -0.234. The fourth-order valence-corrected chi connectivity index (χ4v) is 2.57. The summed E-state index contributed by atoms with van der Waals surface area (Å²) in [5.41, 5.74) is 2.51. The van der Waals surface area contributed by atoms with E-state index in [0.717, 1.165) is 24.3 Å². The zero-order chi connectivity index (χ0) is 18.9. The number of unbranched alkanes of at least 4 members (excludes halogenated alkanes) is 1. The number of hydrogen-bond donors (Lipinski definition) is 2. The van der Waals surface area contributed by atoms with E-state index >= 15 is 0 Å². The standard InChI is InChI=1S/C21H26N2O2S/c1-4-5-14-25-19-9-7-6-8-18(19)22-21(26)23-20(24)17-12-10-16(11-13-17)15(2)3/h6-13,15H,4-5,14H2,1-3H3,(H2,22,23,24,26). The van der Waals surface area contributed by atoms with Crippen LogP contribution in [0.25, 0.3) is 0 Å². The summed E-state index contributed by atoms with van der Waals surface area (Å²) in [6, 6.07) is 15.1. The van der Waals surface area contributed by atoms with Gasteiger partial charge in [0, 0.05) is 5.56 Å². The molecule has 26 heavy (non-hydrogen) atoms. The molecule has 0 unspecified atom stereocenters. The summed E-state index contributed by atoms with van der Waals surface area (Å²) >= 11 is 5.28. The van der Waals surface area contributed by atoms with Crippen LogP contribution < -0.4 is 15.4 Å². The van der Waals surface area contributed by atoms with Gasteiger partial charge < -0.3 is 10.1 Å². The molecule has 0 saturated carbocycles. The molecule has 5 heteroatoms. The Morgan fingerprint density at radius 2 is 1.81 bits per heavy atom. The molecular formula is C21H26N2O2S. The minimum absolute atomic E-state index is 0.234. The Morgan fingerprint density at radius 1 is 1.12 bits per heavy atom. The number of anilines is 1. The van der Waals surface area contributed by atoms with Crippen LogP contribution in [0.4, 0.5) is 5.69 Å². The molecule has 0 saturated heterocycles. The van der Waals surface area contributed by atoms with E-state index in [1.54, 1.807) is 0 Å². The molecule has 0 aliphatic rings. The van der Waals surface area contributed by atoms with Gasteiger partial charge in [-0.25, -0.2) is 0 Å². The van der Waals surface area contributed by atoms with Crippen molar-refractivity contribution in [2.75, 3.05) is 11.9 Å². The van der Waals surface area contributed by atoms with Gasteiger partial charge in [-0.3, -0.25) is 10.1 Å². The number of carbonyl (C=O) groups is 1. The lowest BCUT2D eigenvalue weighted by molar-refractivity contribution is 0.0977. The van der Waals surface area contributed by atoms with Crippen LogP contribution in [0.1, 0.15) is 55.5 Å². The number of thiocarbonyl (C=S) groups is 1. The molecular weight excluding hydrogens is 344 g/mol. The largest absolute Gasteiger partial charge is 0.491 e. The number of rotatable bonds is 7. The fourth-order valence-electron chi connectivity index (χ4n) is 2.37. The van der Waals surface area contributed by atoms with Gasteiger partial charge in [0.15, 0.2) is 5.11 Å². The number of carbonyl (C=O) groups excluding carboxylic acids is 1. The Labute approximate surface area is 161 Å². The summed E-state index contributed by atoms with van der Waals surface area (Å²) in [4.78, 5) is 12.4. The van der Waals surface area contributed by atoms with Gasteiger partial charge in [0.25, 0.3) is 5.91 Å². The van der Waals surface area contributed by atoms with E-state index in [2.05, 4.69) is 31.4 Å². The van der Waals surface area contributed by atoms with Crippen molar-refractivity contribution in [2.45, 2.75) is 39.5 Å². The Morgan fingerprint density at radius 3 is 2.46 bits per heavy atom. The van der Waals surface area contributed by atoms with Crippen LogP contribution in [0, 0.1) is 0 Å². The Hall–Kier alpha value is -2.40. The fraction of sp³-hybridized carbons (Fsp3) is 0.333. The summed E-state index contributed by atoms with van der Waals surface area (Å²) in [5.74, 6) is 0.917. The Kier molecular flexibility index (Phi) is 7.60. The van der Waals surface area contributed by atoms with E-state index in [-0.39, 0.29) is 11.0 Å². The predicted molar refractivity (Wildman–Crippen MR) is 111 cm³/mol. The van der Waals surface area contributed by atoms with Crippen molar-refractivity contribution in [1.82, 2.24) is 5.32 Å². The summed E-state index contributed by atoms with van der Waals surface area (Å²) in [6.07, 6.45) is 2.06. The molecule has 4 nitrogen and oxygen atoms in total. The van der Waals surface area contributed by atoms with Crippen molar-refractivity contribution in [1.29, 1.82) is 0 Å². The first kappa shape index (κ1) is 19.9. The van der Waals surface area contributed by atoms with Crippen LogP contribution in [0.15, 0.2) is 48.5 Å². The van der Waals surface area contributed by atoms with Gasteiger partial charge in [0.1, 0.15) is 5.75 Å². The van der Waals surface area contributed by atoms with Crippen LogP contribution in [-0.4, -0.2) is 17.6 Å². The molecule has 0 aliphatic heterocycles. The monoisotopic (exact) mass is 370 g/mol. The number of nitrogens with one attached hydrogen (secondary N) is 2. The summed E-state index contributed by atoms with van der Waals surface area (Å²) in [7, 11) is 0. The highest BCUT2D eigenvalue weighted by Gasteiger charge is 2.10. The SMILES string of the molecule is CCCCOc1ccccc1NC(=S)NC(=O)c1ccc(C(C)C)cc1. The first-order valence-corrected chi connectivity index (χ1v) is 9.36. The maximum atomic E-state index is 12.4. The molecule has 0 radical (unpaired) electrons. The highest BCUT2D eigenvalue weighted by molar-refractivity contribution is 7.80. The molecule has 0 fully saturated rings. The van der Waals surface area contributed by atoms with E-state index in [9.17, 15) is 4.79 Å². The predicted octanol–water partition coefficient (Wildman–Crippen LogP) is 5.12. The van der Waals surface area contributed by atoms with Gasteiger partial charge in [-0.1, -0.05) is 51.5 Å². The zero-order valence-corrected chi connectivity index (χ0v) is 16.4. The first-order valence-electron chi connectivity index (χ1n) is 8.95. The number of hydrogen-bond acceptors (Lipinski definition) is 3. The van der Waals surface area contributed by atoms with E-state index < -0.39 is 0 Å². The summed E-state index contributed by atoms with van der Waals surface area (Å²) in [5, 5.41) is 6.00. The second-order valence-corrected chi connectivity index (χ2v) is 6.79. The average Bonchev–Trinajstić information content (AvgIpc) is 2.63. The van der Waals surface area contributed by atoms with Gasteiger partial charge in [0.05, 0.1) is 12.3 Å². The van der Waals surface area contributed by atoms with Gasteiger partial charge in [-0.15, -0.1) is 0 Å². The number of amides is 1. The highest BCUT2D eigenvalue weighted by Crippen LogP contribution is 2.24. The van der Waals surface area contributed by atoms with Crippen LogP contribution in [0.3, 0.4) is 0 Å². The van der Waals surface area contributed by atoms with Gasteiger partial charge in [-0.05, 0) is 54.4 Å². The van der Waals surface area contributed by atoms with Crippen molar-refractivity contribution in [3.8, 4) is 5.75 Å². The summed E-state index contributed by atoms with van der Waals surface area (Å²) < 4.78 is 5.77. The topological polar surface area (TPSA) is 50.4 Å². The van der Waals surface area contributed by atoms with Crippen LogP contribution in [0.2, 0.25) is 0 Å². The lowest BCUT2D eigenvalue weighted by atomic mass is 10.0. The van der Waals surface area contributed by atoms with Gasteiger partial charge >= 0.3 is 0 Å². The van der Waals surface area contributed by atoms with Crippen LogP contribution in [0.5, 0.6) is 5.75 Å². The quantitative estimate of drug-likeness (QED) is 0.525. The summed E-state index contributed by atoms with van der Waals surface area (Å²) in [6.45, 7) is 7.00. The Bertz CT molecular complexity index is 742. The van der Waals surface area contributed by atoms with E-state index in [0.29, 0.717) is 18.1 Å². The molecule has 2 aromatic rings. The normalized spacial score (nSPS) is 10.5. The molecule has 0 aromatic heterocycles. The van der Waals surface area contributed by atoms with Crippen molar-refractivity contribution in [3.63, 3.8) is 0 Å². The second-order valence-electron chi connectivity index (χ2n) is 6.38. The van der Waals surface area contributed by atoms with Crippen molar-refractivity contribution in [2.24, 2.45) is 0 Å². The molecule has 0 heterocycles. The first-order chi connectivity index (χ1) is 12.5. The molecule has 0 bridgehead atoms. The number of ether oxygens (including phenoxy) is 1. The van der Waals surface area contributed by atoms with Crippen molar-refractivity contribution < 1.29 is 9.53 Å². The smallest absolute Gasteiger partial charge is 0.257 e. The molecule has 2 aromatic carbocycles. The third-order valence-electron chi connectivity index (χ3n) is 3.96. The van der Waals surface area contributed by atoms with Crippen LogP contribution in [-0.2, 0) is 0 Å². The number of para-hydroxylation sites is 2. The lowest BCUT2D eigenvalue weighted by Gasteiger charge is -2.14. The van der Waals surface area contributed by atoms with E-state index in [1.807, 2.05) is 48.5 Å². The average molecular weight is 371 g/mol. The lowest BCUT2D eigenvalue weighted by Crippen LogP contribution is -2.34. The molecule has 0 atom stereocenters. The molecule has 2 N–H and O–H groups in total. The molecule has 1 amide bonds. The zero-order valence-electron chi connectivity index (χ0n) is 15.5. The van der Waals surface area contributed by atoms with E-state index in [4.69, 9.17) is 17.0 Å². The molecule has 0 aliphatic carbocycles. The number of benzene rings is 2. The molecule has 0 spiro atoms.